The topological polar surface area (TPSA) is 65.3 Å². The van der Waals surface area contributed by atoms with E-state index in [2.05, 4.69) is 19.6 Å². The van der Waals surface area contributed by atoms with Crippen molar-refractivity contribution < 1.29 is 0 Å². The van der Waals surface area contributed by atoms with Crippen LogP contribution in [-0.4, -0.2) is 29.4 Å². The molecule has 136 valence electrons. The van der Waals surface area contributed by atoms with E-state index in [1.54, 1.807) is 10.6 Å². The smallest absolute Gasteiger partial charge is 0.156 e. The lowest BCUT2D eigenvalue weighted by atomic mass is 9.98. The number of pyridine rings is 2. The van der Waals surface area contributed by atoms with E-state index in [-0.39, 0.29) is 0 Å². The van der Waals surface area contributed by atoms with Gasteiger partial charge in [-0.15, -0.1) is 0 Å². The van der Waals surface area contributed by atoms with Gasteiger partial charge in [-0.05, 0) is 50.1 Å². The molecule has 4 aromatic rings. The Balaban J connectivity index is 1.83. The minimum absolute atomic E-state index is 0.743. The van der Waals surface area contributed by atoms with Crippen molar-refractivity contribution in [1.82, 2.24) is 29.4 Å². The van der Waals surface area contributed by atoms with Gasteiger partial charge in [0.05, 0.1) is 18.0 Å². The Bertz CT molecular complexity index is 1270. The molecule has 0 aliphatic carbocycles. The third kappa shape index (κ3) is 2.50. The van der Waals surface area contributed by atoms with Gasteiger partial charge in [0.2, 0.25) is 0 Å². The molecule has 0 spiro atoms. The maximum absolute atomic E-state index is 7.16. The third-order valence-corrected chi connectivity index (χ3v) is 5.03. The average Bonchev–Trinajstić information content (AvgIpc) is 3.41. The summed E-state index contributed by atoms with van der Waals surface area (Å²) in [6.07, 6.45) is 6.82. The van der Waals surface area contributed by atoms with E-state index in [1.165, 1.54) is 18.2 Å². The second kappa shape index (κ2) is 6.43. The first-order valence-electron chi connectivity index (χ1n) is 9.16. The molecule has 0 fully saturated rings. The molecule has 5 heterocycles. The van der Waals surface area contributed by atoms with Gasteiger partial charge in [-0.1, -0.05) is 6.07 Å². The molecular formula is C21H17N7. The van der Waals surface area contributed by atoms with Crippen LogP contribution in [0.2, 0.25) is 0 Å². The van der Waals surface area contributed by atoms with Crippen molar-refractivity contribution in [3.05, 3.63) is 71.4 Å². The zero-order valence-corrected chi connectivity index (χ0v) is 15.4. The highest BCUT2D eigenvalue weighted by Crippen LogP contribution is 2.39. The van der Waals surface area contributed by atoms with Crippen molar-refractivity contribution in [2.75, 3.05) is 0 Å². The summed E-state index contributed by atoms with van der Waals surface area (Å²) < 4.78 is 3.85. The quantitative estimate of drug-likeness (QED) is 0.517. The molecule has 1 aliphatic heterocycles. The van der Waals surface area contributed by atoms with E-state index in [4.69, 9.17) is 16.7 Å². The summed E-state index contributed by atoms with van der Waals surface area (Å²) in [5.74, 6) is 0. The Morgan fingerprint density at radius 3 is 3.00 bits per heavy atom. The fraction of sp³-hybridized carbons (Fsp3) is 0.190. The molecule has 1 aliphatic rings. The number of rotatable bonds is 3. The van der Waals surface area contributed by atoms with Gasteiger partial charge in [0, 0.05) is 29.1 Å². The first-order chi connectivity index (χ1) is 13.8. The van der Waals surface area contributed by atoms with Gasteiger partial charge in [0.15, 0.2) is 11.8 Å². The molecule has 7 heteroatoms. The Kier molecular flexibility index (Phi) is 3.76. The zero-order chi connectivity index (χ0) is 19.1. The Morgan fingerprint density at radius 2 is 2.14 bits per heavy atom. The minimum Gasteiger partial charge on any atom is -0.268 e. The fourth-order valence-corrected chi connectivity index (χ4v) is 3.86. The molecular weight excluding hydrogens is 350 g/mol. The number of hydrogen-bond acceptors (Lipinski definition) is 4. The lowest BCUT2D eigenvalue weighted by Gasteiger charge is -2.10. The van der Waals surface area contributed by atoms with Gasteiger partial charge in [-0.25, -0.2) is 14.3 Å². The largest absolute Gasteiger partial charge is 0.268 e. The molecule has 0 atom stereocenters. The molecule has 4 aromatic heterocycles. The van der Waals surface area contributed by atoms with Crippen molar-refractivity contribution in [2.45, 2.75) is 26.3 Å². The van der Waals surface area contributed by atoms with Crippen LogP contribution in [0.5, 0.6) is 0 Å². The standard InChI is InChI=1S/C21H17N7/c1-14-5-3-6-16(25-14)21-20(18-7-4-12-27(18)26-21)15-8-9-19-23-13-24-28(19)17(15)10-11-22-2/h3,5-6,8-11,13H,4,7,12H2,1H3/b11-10+. The Morgan fingerprint density at radius 1 is 1.21 bits per heavy atom. The van der Waals surface area contributed by atoms with Crippen LogP contribution in [0, 0.1) is 13.5 Å². The second-order valence-corrected chi connectivity index (χ2v) is 6.77. The predicted octanol–water partition coefficient (Wildman–Crippen LogP) is 3.80. The number of aryl methyl sites for hydroxylation is 2. The molecule has 0 amide bonds. The molecule has 0 saturated heterocycles. The van der Waals surface area contributed by atoms with E-state index in [0.717, 1.165) is 58.9 Å². The summed E-state index contributed by atoms with van der Waals surface area (Å²) in [5, 5.41) is 9.25. The third-order valence-electron chi connectivity index (χ3n) is 5.03. The summed E-state index contributed by atoms with van der Waals surface area (Å²) >= 11 is 0. The molecule has 7 nitrogen and oxygen atoms in total. The van der Waals surface area contributed by atoms with Gasteiger partial charge in [0.1, 0.15) is 12.0 Å². The number of aromatic nitrogens is 6. The van der Waals surface area contributed by atoms with Crippen LogP contribution in [0.15, 0.2) is 42.9 Å². The number of hydrogen-bond donors (Lipinski definition) is 0. The maximum atomic E-state index is 7.16. The van der Waals surface area contributed by atoms with Gasteiger partial charge >= 0.3 is 0 Å². The van der Waals surface area contributed by atoms with Crippen LogP contribution in [0.3, 0.4) is 0 Å². The van der Waals surface area contributed by atoms with Gasteiger partial charge in [-0.3, -0.25) is 9.67 Å². The van der Waals surface area contributed by atoms with E-state index in [1.807, 2.05) is 37.3 Å². The molecule has 0 unspecified atom stereocenters. The van der Waals surface area contributed by atoms with Crippen molar-refractivity contribution in [3.8, 4) is 22.5 Å². The highest BCUT2D eigenvalue weighted by molar-refractivity contribution is 5.86. The van der Waals surface area contributed by atoms with Crippen LogP contribution in [0.1, 0.15) is 23.5 Å². The van der Waals surface area contributed by atoms with E-state index >= 15 is 0 Å². The Labute approximate surface area is 161 Å². The van der Waals surface area contributed by atoms with Crippen LogP contribution in [0.25, 0.3) is 39.1 Å². The minimum atomic E-state index is 0.743. The average molecular weight is 367 g/mol. The first kappa shape index (κ1) is 16.4. The van der Waals surface area contributed by atoms with Crippen molar-refractivity contribution >= 4 is 11.7 Å². The number of nitrogens with zero attached hydrogens (tertiary/aromatic N) is 7. The monoisotopic (exact) mass is 367 g/mol. The molecule has 0 saturated carbocycles. The molecule has 0 bridgehead atoms. The molecule has 5 rings (SSSR count). The van der Waals surface area contributed by atoms with Crippen LogP contribution >= 0.6 is 0 Å². The van der Waals surface area contributed by atoms with Crippen molar-refractivity contribution in [1.29, 1.82) is 0 Å². The summed E-state index contributed by atoms with van der Waals surface area (Å²) in [7, 11) is 0. The van der Waals surface area contributed by atoms with Crippen molar-refractivity contribution in [3.63, 3.8) is 0 Å². The molecule has 28 heavy (non-hydrogen) atoms. The predicted molar refractivity (Wildman–Crippen MR) is 106 cm³/mol. The molecule has 0 N–H and O–H groups in total. The SMILES string of the molecule is [C-]#[N+]/C=C/c1c(-c2c(-c3cccc(C)n3)nn3c2CCC3)ccc2ncnn12. The fourth-order valence-electron chi connectivity index (χ4n) is 3.86. The zero-order valence-electron chi connectivity index (χ0n) is 15.4. The van der Waals surface area contributed by atoms with E-state index in [0.29, 0.717) is 0 Å². The summed E-state index contributed by atoms with van der Waals surface area (Å²) in [6.45, 7) is 10.1. The van der Waals surface area contributed by atoms with Crippen LogP contribution in [-0.2, 0) is 13.0 Å². The van der Waals surface area contributed by atoms with E-state index in [9.17, 15) is 0 Å². The second-order valence-electron chi connectivity index (χ2n) is 6.77. The lowest BCUT2D eigenvalue weighted by Crippen LogP contribution is -1.99. The lowest BCUT2D eigenvalue weighted by molar-refractivity contribution is 0.658. The highest BCUT2D eigenvalue weighted by atomic mass is 15.3. The van der Waals surface area contributed by atoms with E-state index < -0.39 is 0 Å². The number of fused-ring (bicyclic) bond motifs is 2. The summed E-state index contributed by atoms with van der Waals surface area (Å²) in [4.78, 5) is 12.4. The summed E-state index contributed by atoms with van der Waals surface area (Å²) in [5.41, 5.74) is 7.50. The maximum Gasteiger partial charge on any atom is 0.156 e. The van der Waals surface area contributed by atoms with Gasteiger partial charge < -0.3 is 0 Å². The van der Waals surface area contributed by atoms with Crippen LogP contribution in [0.4, 0.5) is 0 Å². The normalized spacial score (nSPS) is 13.3. The van der Waals surface area contributed by atoms with Gasteiger partial charge in [-0.2, -0.15) is 10.2 Å². The first-order valence-corrected chi connectivity index (χ1v) is 9.16. The van der Waals surface area contributed by atoms with Gasteiger partial charge in [0.25, 0.3) is 0 Å². The molecule has 0 radical (unpaired) electrons. The van der Waals surface area contributed by atoms with Crippen molar-refractivity contribution in [2.24, 2.45) is 0 Å². The van der Waals surface area contributed by atoms with Crippen LogP contribution < -0.4 is 0 Å². The Hall–Kier alpha value is -3.79. The summed E-state index contributed by atoms with van der Waals surface area (Å²) in [6, 6.07) is 9.98. The highest BCUT2D eigenvalue weighted by Gasteiger charge is 2.26. The molecule has 0 aromatic carbocycles.